The molecule has 0 heterocycles. The van der Waals surface area contributed by atoms with Crippen molar-refractivity contribution in [3.8, 4) is 0 Å². The zero-order chi connectivity index (χ0) is 24.4. The molecule has 2 rings (SSSR count). The fraction of sp³-hybridized carbons (Fsp3) is 0.586. The molecule has 0 N–H and O–H groups in total. The molecule has 0 aliphatic rings. The summed E-state index contributed by atoms with van der Waals surface area (Å²) in [5, 5.41) is 0. The Morgan fingerprint density at radius 1 is 0.424 bits per heavy atom. The Bertz CT molecular complexity index is 762. The number of rotatable bonds is 14. The van der Waals surface area contributed by atoms with E-state index in [0.717, 1.165) is 58.8 Å². The van der Waals surface area contributed by atoms with E-state index in [0.29, 0.717) is 0 Å². The lowest BCUT2D eigenvalue weighted by Crippen LogP contribution is -2.27. The molecule has 0 spiro atoms. The van der Waals surface area contributed by atoms with E-state index in [9.17, 15) is 0 Å². The third-order valence-corrected chi connectivity index (χ3v) is 6.98. The van der Waals surface area contributed by atoms with Gasteiger partial charge in [0.2, 0.25) is 0 Å². The number of hydrogen-bond acceptors (Lipinski definition) is 4. The van der Waals surface area contributed by atoms with E-state index >= 15 is 0 Å². The van der Waals surface area contributed by atoms with E-state index in [4.69, 9.17) is 0 Å². The van der Waals surface area contributed by atoms with Gasteiger partial charge in [-0.3, -0.25) is 0 Å². The van der Waals surface area contributed by atoms with Gasteiger partial charge in [0.05, 0.1) is 0 Å². The molecule has 4 heteroatoms. The summed E-state index contributed by atoms with van der Waals surface area (Å²) in [7, 11) is 0. The first-order chi connectivity index (χ1) is 16.0. The quantitative estimate of drug-likeness (QED) is 0.318. The first kappa shape index (κ1) is 26.9. The van der Waals surface area contributed by atoms with Crippen molar-refractivity contribution in [1.29, 1.82) is 0 Å². The Balaban J connectivity index is 2.57. The van der Waals surface area contributed by atoms with Crippen LogP contribution in [0, 0.1) is 0 Å². The van der Waals surface area contributed by atoms with Gasteiger partial charge in [-0.05, 0) is 90.8 Å². The third kappa shape index (κ3) is 6.37. The highest BCUT2D eigenvalue weighted by Crippen LogP contribution is 2.33. The third-order valence-electron chi connectivity index (χ3n) is 6.98. The van der Waals surface area contributed by atoms with Crippen molar-refractivity contribution in [2.75, 3.05) is 72.0 Å². The van der Waals surface area contributed by atoms with Crippen molar-refractivity contribution < 1.29 is 0 Å². The standard InChI is InChI=1S/C29H48N4/c1-9-30(10-2)26-19-17-24(28(22-26)32(13-5)14-6)21-25-18-20-27(31(11-3)12-4)23-29(25)33(15-7)16-8/h17-20,22-23H,9-16,21H2,1-8H3. The zero-order valence-electron chi connectivity index (χ0n) is 22.6. The molecule has 0 saturated heterocycles. The molecule has 2 aromatic carbocycles. The van der Waals surface area contributed by atoms with Crippen LogP contribution in [0.2, 0.25) is 0 Å². The summed E-state index contributed by atoms with van der Waals surface area (Å²) in [4.78, 5) is 9.89. The molecule has 0 amide bonds. The molecule has 184 valence electrons. The molecule has 0 aliphatic carbocycles. The molecule has 0 bridgehead atoms. The van der Waals surface area contributed by atoms with Gasteiger partial charge in [0.25, 0.3) is 0 Å². The summed E-state index contributed by atoms with van der Waals surface area (Å²) in [6.45, 7) is 26.2. The maximum atomic E-state index is 2.50. The summed E-state index contributed by atoms with van der Waals surface area (Å²) in [6, 6.07) is 14.2. The lowest BCUT2D eigenvalue weighted by molar-refractivity contribution is 0.838. The number of hydrogen-bond donors (Lipinski definition) is 0. The second kappa shape index (κ2) is 13.4. The van der Waals surface area contributed by atoms with Gasteiger partial charge in [-0.1, -0.05) is 12.1 Å². The highest BCUT2D eigenvalue weighted by Gasteiger charge is 2.17. The number of anilines is 4. The van der Waals surface area contributed by atoms with Crippen molar-refractivity contribution >= 4 is 22.7 Å². The van der Waals surface area contributed by atoms with Gasteiger partial charge in [0, 0.05) is 81.5 Å². The normalized spacial score (nSPS) is 10.9. The lowest BCUT2D eigenvalue weighted by atomic mass is 9.98. The highest BCUT2D eigenvalue weighted by molar-refractivity contribution is 5.68. The van der Waals surface area contributed by atoms with Gasteiger partial charge in [-0.2, -0.15) is 0 Å². The van der Waals surface area contributed by atoms with Crippen LogP contribution in [0.1, 0.15) is 66.5 Å². The molecule has 4 nitrogen and oxygen atoms in total. The van der Waals surface area contributed by atoms with Crippen LogP contribution in [0.5, 0.6) is 0 Å². The van der Waals surface area contributed by atoms with Crippen LogP contribution in [0.15, 0.2) is 36.4 Å². The minimum atomic E-state index is 0.953. The van der Waals surface area contributed by atoms with Gasteiger partial charge in [-0.25, -0.2) is 0 Å². The average Bonchev–Trinajstić information content (AvgIpc) is 2.84. The zero-order valence-corrected chi connectivity index (χ0v) is 22.6. The number of nitrogens with zero attached hydrogens (tertiary/aromatic N) is 4. The highest BCUT2D eigenvalue weighted by atomic mass is 15.2. The molecular weight excluding hydrogens is 404 g/mol. The summed E-state index contributed by atoms with van der Waals surface area (Å²) >= 11 is 0. The Morgan fingerprint density at radius 2 is 0.727 bits per heavy atom. The second-order valence-electron chi connectivity index (χ2n) is 8.49. The maximum Gasteiger partial charge on any atom is 0.0422 e. The largest absolute Gasteiger partial charge is 0.372 e. The van der Waals surface area contributed by atoms with E-state index in [1.54, 1.807) is 0 Å². The van der Waals surface area contributed by atoms with E-state index in [1.165, 1.54) is 33.9 Å². The predicted molar refractivity (Wildman–Crippen MR) is 150 cm³/mol. The molecule has 0 aromatic heterocycles. The van der Waals surface area contributed by atoms with Crippen molar-refractivity contribution in [2.24, 2.45) is 0 Å². The van der Waals surface area contributed by atoms with Crippen LogP contribution in [0.25, 0.3) is 0 Å². The Kier molecular flexibility index (Phi) is 10.9. The smallest absolute Gasteiger partial charge is 0.0422 e. The molecule has 33 heavy (non-hydrogen) atoms. The molecule has 0 aliphatic heterocycles. The van der Waals surface area contributed by atoms with Crippen LogP contribution < -0.4 is 19.6 Å². The summed E-state index contributed by atoms with van der Waals surface area (Å²) in [6.07, 6.45) is 0.953. The van der Waals surface area contributed by atoms with Crippen LogP contribution >= 0.6 is 0 Å². The van der Waals surface area contributed by atoms with Crippen LogP contribution in [-0.2, 0) is 6.42 Å². The molecular formula is C29H48N4. The SMILES string of the molecule is CCN(CC)c1ccc(Cc2ccc(N(CC)CC)cc2N(CC)CC)c(N(CC)CC)c1. The van der Waals surface area contributed by atoms with Crippen LogP contribution in [0.4, 0.5) is 22.7 Å². The molecule has 0 radical (unpaired) electrons. The summed E-state index contributed by atoms with van der Waals surface area (Å²) < 4.78 is 0. The Morgan fingerprint density at radius 3 is 1.00 bits per heavy atom. The molecule has 2 aromatic rings. The van der Waals surface area contributed by atoms with Crippen molar-refractivity contribution in [1.82, 2.24) is 0 Å². The fourth-order valence-corrected chi connectivity index (χ4v) is 4.90. The lowest BCUT2D eigenvalue weighted by Gasteiger charge is -2.30. The average molecular weight is 453 g/mol. The van der Waals surface area contributed by atoms with Gasteiger partial charge in [0.15, 0.2) is 0 Å². The molecule has 0 fully saturated rings. The first-order valence-electron chi connectivity index (χ1n) is 13.3. The monoisotopic (exact) mass is 452 g/mol. The Labute approximate surface area is 204 Å². The van der Waals surface area contributed by atoms with Gasteiger partial charge in [0.1, 0.15) is 0 Å². The van der Waals surface area contributed by atoms with E-state index in [1.807, 2.05) is 0 Å². The maximum absolute atomic E-state index is 2.50. The number of benzene rings is 2. The molecule has 0 atom stereocenters. The first-order valence-corrected chi connectivity index (χ1v) is 13.3. The Hall–Kier alpha value is -2.36. The molecule has 0 unspecified atom stereocenters. The summed E-state index contributed by atoms with van der Waals surface area (Å²) in [5.41, 5.74) is 8.24. The van der Waals surface area contributed by atoms with Crippen molar-refractivity contribution in [2.45, 2.75) is 61.8 Å². The van der Waals surface area contributed by atoms with E-state index < -0.39 is 0 Å². The fourth-order valence-electron chi connectivity index (χ4n) is 4.90. The van der Waals surface area contributed by atoms with Gasteiger partial charge < -0.3 is 19.6 Å². The van der Waals surface area contributed by atoms with E-state index in [-0.39, 0.29) is 0 Å². The topological polar surface area (TPSA) is 13.0 Å². The van der Waals surface area contributed by atoms with Gasteiger partial charge >= 0.3 is 0 Å². The van der Waals surface area contributed by atoms with E-state index in [2.05, 4.69) is 111 Å². The van der Waals surface area contributed by atoms with Crippen LogP contribution in [0.3, 0.4) is 0 Å². The van der Waals surface area contributed by atoms with Crippen LogP contribution in [-0.4, -0.2) is 52.4 Å². The van der Waals surface area contributed by atoms with Gasteiger partial charge in [-0.15, -0.1) is 0 Å². The second-order valence-corrected chi connectivity index (χ2v) is 8.49. The minimum Gasteiger partial charge on any atom is -0.372 e. The van der Waals surface area contributed by atoms with Crippen molar-refractivity contribution in [3.63, 3.8) is 0 Å². The predicted octanol–water partition coefficient (Wildman–Crippen LogP) is 6.66. The summed E-state index contributed by atoms with van der Waals surface area (Å²) in [5.74, 6) is 0. The minimum absolute atomic E-state index is 0.953. The van der Waals surface area contributed by atoms with Crippen molar-refractivity contribution in [3.05, 3.63) is 47.5 Å². The molecule has 0 saturated carbocycles.